The third kappa shape index (κ3) is 4.11. The van der Waals surface area contributed by atoms with Gasteiger partial charge in [-0.05, 0) is 41.5 Å². The van der Waals surface area contributed by atoms with Crippen molar-refractivity contribution in [1.82, 2.24) is 5.32 Å². The molecular weight excluding hydrogens is 382 g/mol. The van der Waals surface area contributed by atoms with Gasteiger partial charge in [0.1, 0.15) is 5.69 Å². The van der Waals surface area contributed by atoms with E-state index in [2.05, 4.69) is 5.32 Å². The molecule has 0 radical (unpaired) electrons. The average molecular weight is 405 g/mol. The van der Waals surface area contributed by atoms with Crippen molar-refractivity contribution in [3.63, 3.8) is 0 Å². The number of hydrogen-bond acceptors (Lipinski definition) is 5. The Kier molecular flexibility index (Phi) is 5.63. The summed E-state index contributed by atoms with van der Waals surface area (Å²) in [5.41, 5.74) is 1.69. The number of nitrogens with one attached hydrogen (secondary N) is 1. The predicted octanol–water partition coefficient (Wildman–Crippen LogP) is 4.08. The molecular formula is C23H23N3O4. The summed E-state index contributed by atoms with van der Waals surface area (Å²) < 4.78 is 5.32. The van der Waals surface area contributed by atoms with Gasteiger partial charge in [-0.25, -0.2) is 0 Å². The summed E-state index contributed by atoms with van der Waals surface area (Å²) in [6, 6.07) is 18.5. The van der Waals surface area contributed by atoms with Gasteiger partial charge in [-0.15, -0.1) is 0 Å². The van der Waals surface area contributed by atoms with Gasteiger partial charge >= 0.3 is 0 Å². The van der Waals surface area contributed by atoms with Crippen molar-refractivity contribution < 1.29 is 14.5 Å². The van der Waals surface area contributed by atoms with Crippen LogP contribution in [0, 0.1) is 10.1 Å². The number of rotatable bonds is 5. The molecule has 0 aromatic heterocycles. The Morgan fingerprint density at radius 1 is 1.07 bits per heavy atom. The van der Waals surface area contributed by atoms with Crippen molar-refractivity contribution in [3.8, 4) is 0 Å². The molecule has 4 rings (SSSR count). The molecule has 30 heavy (non-hydrogen) atoms. The predicted molar refractivity (Wildman–Crippen MR) is 116 cm³/mol. The molecule has 1 N–H and O–H groups in total. The molecule has 0 saturated carbocycles. The zero-order valence-corrected chi connectivity index (χ0v) is 16.7. The van der Waals surface area contributed by atoms with E-state index < -0.39 is 4.92 Å². The van der Waals surface area contributed by atoms with E-state index in [-0.39, 0.29) is 23.2 Å². The van der Waals surface area contributed by atoms with E-state index in [9.17, 15) is 14.9 Å². The SMILES string of the molecule is CC(NC(=O)c1ccc(N2CCOCC2)c([N+](=O)[O-])c1)c1ccc2ccccc2c1. The number of hydrogen-bond donors (Lipinski definition) is 1. The quantitative estimate of drug-likeness (QED) is 0.511. The molecule has 1 amide bonds. The van der Waals surface area contributed by atoms with Gasteiger partial charge in [-0.1, -0.05) is 36.4 Å². The number of ether oxygens (including phenoxy) is 1. The number of amides is 1. The third-order valence-electron chi connectivity index (χ3n) is 5.41. The number of benzene rings is 3. The van der Waals surface area contributed by atoms with Crippen molar-refractivity contribution in [2.75, 3.05) is 31.2 Å². The van der Waals surface area contributed by atoms with Crippen LogP contribution in [0.1, 0.15) is 28.9 Å². The number of nitro groups is 1. The zero-order chi connectivity index (χ0) is 21.1. The third-order valence-corrected chi connectivity index (χ3v) is 5.41. The van der Waals surface area contributed by atoms with Crippen molar-refractivity contribution >= 4 is 28.1 Å². The smallest absolute Gasteiger partial charge is 0.293 e. The fraction of sp³-hybridized carbons (Fsp3) is 0.261. The van der Waals surface area contributed by atoms with E-state index in [4.69, 9.17) is 4.74 Å². The monoisotopic (exact) mass is 405 g/mol. The Balaban J connectivity index is 1.54. The fourth-order valence-corrected chi connectivity index (χ4v) is 3.72. The molecule has 154 valence electrons. The first-order chi connectivity index (χ1) is 14.5. The summed E-state index contributed by atoms with van der Waals surface area (Å²) >= 11 is 0. The lowest BCUT2D eigenvalue weighted by atomic mass is 10.0. The van der Waals surface area contributed by atoms with Gasteiger partial charge < -0.3 is 15.0 Å². The molecule has 1 fully saturated rings. The van der Waals surface area contributed by atoms with Gasteiger partial charge in [0.15, 0.2) is 0 Å². The first-order valence-corrected chi connectivity index (χ1v) is 9.93. The van der Waals surface area contributed by atoms with Crippen LogP contribution >= 0.6 is 0 Å². The minimum atomic E-state index is -0.436. The molecule has 1 saturated heterocycles. The highest BCUT2D eigenvalue weighted by Gasteiger charge is 2.24. The number of fused-ring (bicyclic) bond motifs is 1. The molecule has 7 heteroatoms. The number of carbonyl (C=O) groups excluding carboxylic acids is 1. The second kappa shape index (κ2) is 8.51. The Hall–Kier alpha value is -3.45. The molecule has 0 spiro atoms. The van der Waals surface area contributed by atoms with Crippen molar-refractivity contribution in [2.24, 2.45) is 0 Å². The maximum Gasteiger partial charge on any atom is 0.293 e. The van der Waals surface area contributed by atoms with Crippen molar-refractivity contribution in [2.45, 2.75) is 13.0 Å². The number of carbonyl (C=O) groups is 1. The highest BCUT2D eigenvalue weighted by Crippen LogP contribution is 2.30. The van der Waals surface area contributed by atoms with Crippen LogP contribution < -0.4 is 10.2 Å². The number of morpholine rings is 1. The maximum atomic E-state index is 12.8. The summed E-state index contributed by atoms with van der Waals surface area (Å²) in [6.45, 7) is 4.14. The number of nitro benzene ring substituents is 1. The molecule has 1 unspecified atom stereocenters. The topological polar surface area (TPSA) is 84.7 Å². The summed E-state index contributed by atoms with van der Waals surface area (Å²) in [4.78, 5) is 25.9. The average Bonchev–Trinajstić information content (AvgIpc) is 2.78. The summed E-state index contributed by atoms with van der Waals surface area (Å²) in [5.74, 6) is -0.340. The minimum absolute atomic E-state index is 0.0668. The molecule has 3 aromatic rings. The normalized spacial score (nSPS) is 15.0. The van der Waals surface area contributed by atoms with E-state index in [0.717, 1.165) is 16.3 Å². The van der Waals surface area contributed by atoms with Crippen molar-refractivity contribution in [1.29, 1.82) is 0 Å². The van der Waals surface area contributed by atoms with Gasteiger partial charge in [0.2, 0.25) is 0 Å². The van der Waals surface area contributed by atoms with E-state index in [0.29, 0.717) is 32.0 Å². The highest BCUT2D eigenvalue weighted by molar-refractivity contribution is 5.96. The van der Waals surface area contributed by atoms with Gasteiger partial charge in [-0.2, -0.15) is 0 Å². The molecule has 1 aliphatic heterocycles. The standard InChI is InChI=1S/C23H23N3O4/c1-16(18-7-6-17-4-2-3-5-19(17)14-18)24-23(27)20-8-9-21(22(15-20)26(28)29)25-10-12-30-13-11-25/h2-9,14-16H,10-13H2,1H3,(H,24,27). The van der Waals surface area contributed by atoms with Gasteiger partial charge in [0.25, 0.3) is 11.6 Å². The lowest BCUT2D eigenvalue weighted by molar-refractivity contribution is -0.384. The Bertz CT molecular complexity index is 1090. The van der Waals surface area contributed by atoms with E-state index in [1.165, 1.54) is 6.07 Å². The molecule has 0 aliphatic carbocycles. The van der Waals surface area contributed by atoms with Crippen LogP contribution in [-0.4, -0.2) is 37.1 Å². The van der Waals surface area contributed by atoms with Gasteiger partial charge in [0, 0.05) is 24.7 Å². The molecule has 1 aliphatic rings. The molecule has 1 atom stereocenters. The van der Waals surface area contributed by atoms with Crippen molar-refractivity contribution in [3.05, 3.63) is 81.9 Å². The molecule has 3 aromatic carbocycles. The van der Waals surface area contributed by atoms with Crippen LogP contribution in [0.25, 0.3) is 10.8 Å². The lowest BCUT2D eigenvalue weighted by Gasteiger charge is -2.28. The Labute approximate surface area is 174 Å². The molecule has 0 bridgehead atoms. The fourth-order valence-electron chi connectivity index (χ4n) is 3.72. The molecule has 1 heterocycles. The Morgan fingerprint density at radius 2 is 1.80 bits per heavy atom. The second-order valence-corrected chi connectivity index (χ2v) is 7.36. The van der Waals surface area contributed by atoms with E-state index >= 15 is 0 Å². The first-order valence-electron chi connectivity index (χ1n) is 9.93. The van der Waals surface area contributed by atoms with E-state index in [1.54, 1.807) is 12.1 Å². The van der Waals surface area contributed by atoms with Crippen LogP contribution in [-0.2, 0) is 4.74 Å². The van der Waals surface area contributed by atoms with Crippen LogP contribution in [0.4, 0.5) is 11.4 Å². The van der Waals surface area contributed by atoms with Gasteiger partial charge in [-0.3, -0.25) is 14.9 Å². The second-order valence-electron chi connectivity index (χ2n) is 7.36. The lowest BCUT2D eigenvalue weighted by Crippen LogP contribution is -2.36. The summed E-state index contributed by atoms with van der Waals surface area (Å²) in [5, 5.41) is 16.8. The zero-order valence-electron chi connectivity index (χ0n) is 16.7. The van der Waals surface area contributed by atoms with Gasteiger partial charge in [0.05, 0.1) is 24.2 Å². The van der Waals surface area contributed by atoms with Crippen LogP contribution in [0.2, 0.25) is 0 Å². The van der Waals surface area contributed by atoms with Crippen LogP contribution in [0.3, 0.4) is 0 Å². The number of nitrogens with zero attached hydrogens (tertiary/aromatic N) is 2. The van der Waals surface area contributed by atoms with E-state index in [1.807, 2.05) is 54.3 Å². The summed E-state index contributed by atoms with van der Waals surface area (Å²) in [6.07, 6.45) is 0. The first kappa shape index (κ1) is 19.8. The summed E-state index contributed by atoms with van der Waals surface area (Å²) in [7, 11) is 0. The Morgan fingerprint density at radius 3 is 2.53 bits per heavy atom. The largest absolute Gasteiger partial charge is 0.378 e. The van der Waals surface area contributed by atoms with Crippen LogP contribution in [0.15, 0.2) is 60.7 Å². The molecule has 7 nitrogen and oxygen atoms in total. The number of anilines is 1. The minimum Gasteiger partial charge on any atom is -0.378 e. The highest BCUT2D eigenvalue weighted by atomic mass is 16.6. The maximum absolute atomic E-state index is 12.8. The van der Waals surface area contributed by atoms with Crippen LogP contribution in [0.5, 0.6) is 0 Å².